The van der Waals surface area contributed by atoms with Crippen LogP contribution in [0.15, 0.2) is 158 Å². The fourth-order valence-electron chi connectivity index (χ4n) is 6.53. The predicted molar refractivity (Wildman–Crippen MR) is 297 cm³/mol. The molecule has 0 aliphatic heterocycles. The minimum absolute atomic E-state index is 0.140. The van der Waals surface area contributed by atoms with Gasteiger partial charge in [0.25, 0.3) is 0 Å². The molecule has 0 amide bonds. The molecule has 0 heterocycles. The zero-order valence-corrected chi connectivity index (χ0v) is 43.8. The van der Waals surface area contributed by atoms with Gasteiger partial charge in [0.2, 0.25) is 0 Å². The minimum Gasteiger partial charge on any atom is -0.462 e. The molecule has 0 aromatic carbocycles. The molecule has 0 unspecified atom stereocenters. The van der Waals surface area contributed by atoms with Gasteiger partial charge in [-0.05, 0) is 128 Å². The number of carbonyl (C=O) groups excluding carboxylic acids is 3. The number of allylic oxidation sites excluding steroid dienone is 26. The van der Waals surface area contributed by atoms with Crippen LogP contribution in [-0.2, 0) is 28.6 Å². The molecule has 1 atom stereocenters. The Morgan fingerprint density at radius 1 is 0.304 bits per heavy atom. The molecule has 0 rings (SSSR count). The quantitative estimate of drug-likeness (QED) is 0.0262. The first-order chi connectivity index (χ1) is 34.0. The average molecular weight is 949 g/mol. The van der Waals surface area contributed by atoms with Crippen LogP contribution in [0.5, 0.6) is 0 Å². The van der Waals surface area contributed by atoms with Crippen molar-refractivity contribution in [2.75, 3.05) is 13.2 Å². The topological polar surface area (TPSA) is 78.9 Å². The number of hydrogen-bond donors (Lipinski definition) is 0. The molecule has 384 valence electrons. The molecule has 0 bridgehead atoms. The summed E-state index contributed by atoms with van der Waals surface area (Å²) < 4.78 is 16.7. The number of ether oxygens (including phenoxy) is 3. The van der Waals surface area contributed by atoms with E-state index in [1.165, 1.54) is 25.7 Å². The molecule has 69 heavy (non-hydrogen) atoms. The first-order valence-electron chi connectivity index (χ1n) is 27.0. The highest BCUT2D eigenvalue weighted by Crippen LogP contribution is 2.11. The van der Waals surface area contributed by atoms with Gasteiger partial charge < -0.3 is 14.2 Å². The van der Waals surface area contributed by atoms with E-state index in [-0.39, 0.29) is 38.0 Å². The first kappa shape index (κ1) is 64.0. The third kappa shape index (κ3) is 53.8. The summed E-state index contributed by atoms with van der Waals surface area (Å²) in [7, 11) is 0. The Bertz CT molecular complexity index is 1610. The van der Waals surface area contributed by atoms with Crippen LogP contribution in [0.25, 0.3) is 0 Å². The number of carbonyl (C=O) groups is 3. The summed E-state index contributed by atoms with van der Waals surface area (Å²) in [6.45, 7) is 6.23. The largest absolute Gasteiger partial charge is 0.462 e. The van der Waals surface area contributed by atoms with Crippen LogP contribution in [0.2, 0.25) is 0 Å². The van der Waals surface area contributed by atoms with Gasteiger partial charge >= 0.3 is 17.9 Å². The molecule has 0 aromatic rings. The monoisotopic (exact) mass is 949 g/mol. The average Bonchev–Trinajstić information content (AvgIpc) is 3.35. The van der Waals surface area contributed by atoms with Gasteiger partial charge in [-0.15, -0.1) is 0 Å². The second-order valence-electron chi connectivity index (χ2n) is 17.0. The van der Waals surface area contributed by atoms with Crippen LogP contribution >= 0.6 is 0 Å². The Morgan fingerprint density at radius 2 is 0.609 bits per heavy atom. The maximum Gasteiger partial charge on any atom is 0.306 e. The van der Waals surface area contributed by atoms with Crippen LogP contribution in [0.3, 0.4) is 0 Å². The minimum atomic E-state index is -0.853. The third-order valence-corrected chi connectivity index (χ3v) is 10.5. The summed E-state index contributed by atoms with van der Waals surface area (Å²) in [5.74, 6) is -1.11. The van der Waals surface area contributed by atoms with Gasteiger partial charge in [-0.2, -0.15) is 0 Å². The molecular formula is C63H96O6. The van der Waals surface area contributed by atoms with Gasteiger partial charge in [-0.1, -0.05) is 211 Å². The van der Waals surface area contributed by atoms with Crippen molar-refractivity contribution in [2.24, 2.45) is 0 Å². The molecule has 0 N–H and O–H groups in total. The van der Waals surface area contributed by atoms with Crippen molar-refractivity contribution in [3.63, 3.8) is 0 Å². The molecule has 0 aromatic heterocycles. The number of rotatable bonds is 46. The lowest BCUT2D eigenvalue weighted by molar-refractivity contribution is -0.166. The molecular weight excluding hydrogens is 853 g/mol. The van der Waals surface area contributed by atoms with Gasteiger partial charge in [0, 0.05) is 19.3 Å². The Balaban J connectivity index is 4.65. The van der Waals surface area contributed by atoms with Crippen LogP contribution in [-0.4, -0.2) is 37.2 Å². The van der Waals surface area contributed by atoms with E-state index in [0.29, 0.717) is 19.3 Å². The molecule has 6 nitrogen and oxygen atoms in total. The number of hydrogen-bond acceptors (Lipinski definition) is 6. The summed E-state index contributed by atoms with van der Waals surface area (Å²) in [6, 6.07) is 0. The first-order valence-corrected chi connectivity index (χ1v) is 27.0. The van der Waals surface area contributed by atoms with E-state index in [1.807, 2.05) is 12.2 Å². The highest BCUT2D eigenvalue weighted by atomic mass is 16.6. The molecule has 0 aliphatic rings. The van der Waals surface area contributed by atoms with E-state index in [1.54, 1.807) is 0 Å². The normalized spacial score (nSPS) is 13.4. The van der Waals surface area contributed by atoms with Crippen LogP contribution in [0, 0.1) is 0 Å². The van der Waals surface area contributed by atoms with Crippen LogP contribution in [0.1, 0.15) is 201 Å². The van der Waals surface area contributed by atoms with Gasteiger partial charge in [0.05, 0.1) is 0 Å². The number of unbranched alkanes of at least 4 members (excludes halogenated alkanes) is 9. The Hall–Kier alpha value is -4.97. The maximum absolute atomic E-state index is 12.8. The second kappa shape index (κ2) is 55.6. The highest BCUT2D eigenvalue weighted by Gasteiger charge is 2.19. The Labute approximate surface area is 422 Å². The lowest BCUT2D eigenvalue weighted by atomic mass is 10.1. The molecule has 0 aliphatic carbocycles. The van der Waals surface area contributed by atoms with Gasteiger partial charge in [0.15, 0.2) is 6.10 Å². The summed E-state index contributed by atoms with van der Waals surface area (Å²) in [5, 5.41) is 0. The smallest absolute Gasteiger partial charge is 0.306 e. The molecule has 0 saturated carbocycles. The van der Waals surface area contributed by atoms with Crippen LogP contribution < -0.4 is 0 Å². The summed E-state index contributed by atoms with van der Waals surface area (Å²) in [5.41, 5.74) is 0. The SMILES string of the molecule is CC/C=C/C/C=C/C/C=C/C/C=C/C/C=C/C/C=C/CCC(=O)OC[C@@H](COC(=O)CCCCCCC/C=C/C/C=C/C/C=C/CC)OC(=O)CCC/C=C/C/C=C/C/C=C/C/C=C/CCCCC. The number of esters is 3. The fraction of sp³-hybridized carbons (Fsp3) is 0.540. The standard InChI is InChI=1S/C63H96O6/c1-4-7-10-13-16-19-22-25-28-30-31-33-35-38-41-44-47-50-53-56-62(65)68-59-60(58-67-61(64)55-52-49-46-43-40-37-34-27-24-21-18-15-12-9-6-3)69-63(66)57-54-51-48-45-42-39-36-32-29-26-23-20-17-14-11-8-5-2/h7,9-10,12,16-21,25-29,31,33-34,36,38-39,41,45,47-48,50,60H,4-6,8,11,13-15,22-24,30,32,35,37,40,42-44,46,49,51-59H2,1-3H3/b10-7+,12-9+,19-16+,20-17+,21-18+,28-25+,29-26+,33-31+,34-27+,39-36+,41-38+,48-45+,50-47+/t60-/m1/s1. The van der Waals surface area contributed by atoms with Crippen molar-refractivity contribution in [3.05, 3.63) is 158 Å². The summed E-state index contributed by atoms with van der Waals surface area (Å²) in [4.78, 5) is 38.0. The van der Waals surface area contributed by atoms with E-state index in [4.69, 9.17) is 14.2 Å². The zero-order chi connectivity index (χ0) is 50.0. The lowest BCUT2D eigenvalue weighted by Crippen LogP contribution is -2.30. The van der Waals surface area contributed by atoms with E-state index in [2.05, 4.69) is 167 Å². The van der Waals surface area contributed by atoms with Crippen molar-refractivity contribution >= 4 is 17.9 Å². The fourth-order valence-corrected chi connectivity index (χ4v) is 6.53. The van der Waals surface area contributed by atoms with Crippen molar-refractivity contribution in [1.82, 2.24) is 0 Å². The Kier molecular flexibility index (Phi) is 51.6. The maximum atomic E-state index is 12.8. The van der Waals surface area contributed by atoms with Crippen molar-refractivity contribution in [1.29, 1.82) is 0 Å². The van der Waals surface area contributed by atoms with Gasteiger partial charge in [-0.25, -0.2) is 0 Å². The van der Waals surface area contributed by atoms with Gasteiger partial charge in [-0.3, -0.25) is 14.4 Å². The van der Waals surface area contributed by atoms with Crippen molar-refractivity contribution in [3.8, 4) is 0 Å². The zero-order valence-electron chi connectivity index (χ0n) is 43.8. The Morgan fingerprint density at radius 3 is 1.01 bits per heavy atom. The predicted octanol–water partition coefficient (Wildman–Crippen LogP) is 18.2. The van der Waals surface area contributed by atoms with E-state index < -0.39 is 12.1 Å². The molecule has 0 spiro atoms. The van der Waals surface area contributed by atoms with Gasteiger partial charge in [0.1, 0.15) is 13.2 Å². The summed E-state index contributed by atoms with van der Waals surface area (Å²) in [6.07, 6.45) is 81.0. The second-order valence-corrected chi connectivity index (χ2v) is 17.0. The van der Waals surface area contributed by atoms with Crippen LogP contribution in [0.4, 0.5) is 0 Å². The van der Waals surface area contributed by atoms with Crippen molar-refractivity contribution in [2.45, 2.75) is 207 Å². The molecule has 0 radical (unpaired) electrons. The molecule has 0 fully saturated rings. The van der Waals surface area contributed by atoms with E-state index in [0.717, 1.165) is 122 Å². The van der Waals surface area contributed by atoms with Crippen molar-refractivity contribution < 1.29 is 28.6 Å². The van der Waals surface area contributed by atoms with E-state index in [9.17, 15) is 14.4 Å². The third-order valence-electron chi connectivity index (χ3n) is 10.5. The molecule has 6 heteroatoms. The summed E-state index contributed by atoms with van der Waals surface area (Å²) >= 11 is 0. The lowest BCUT2D eigenvalue weighted by Gasteiger charge is -2.18. The molecule has 0 saturated heterocycles. The highest BCUT2D eigenvalue weighted by molar-refractivity contribution is 5.71. The van der Waals surface area contributed by atoms with E-state index >= 15 is 0 Å².